The maximum atomic E-state index is 12.0. The van der Waals surface area contributed by atoms with Crippen molar-refractivity contribution in [3.05, 3.63) is 40.2 Å². The maximum Gasteiger partial charge on any atom is 0.412 e. The Kier molecular flexibility index (Phi) is 6.49. The molecule has 0 radical (unpaired) electrons. The van der Waals surface area contributed by atoms with Crippen LogP contribution in [0.1, 0.15) is 42.7 Å². The number of hydrogen-bond acceptors (Lipinski definition) is 6. The van der Waals surface area contributed by atoms with Gasteiger partial charge in [-0.15, -0.1) is 0 Å². The van der Waals surface area contributed by atoms with E-state index in [4.69, 9.17) is 25.6 Å². The van der Waals surface area contributed by atoms with E-state index >= 15 is 0 Å². The van der Waals surface area contributed by atoms with Gasteiger partial charge in [-0.3, -0.25) is 4.90 Å². The van der Waals surface area contributed by atoms with Crippen molar-refractivity contribution in [1.82, 2.24) is 15.4 Å². The van der Waals surface area contributed by atoms with Crippen molar-refractivity contribution in [2.45, 2.75) is 52.2 Å². The standard InChI is InChI=1S/C22H28ClN3O4/c1-14-21(15(2)30-25-14)29-22(27)24-12-16-10-18(11-16)28-19-7-5-6-17(20(19)23)13-26-8-3-4-9-26/h5-7,16,18H,3-4,8-13H2,1-2H3,(H,24,27). The van der Waals surface area contributed by atoms with Crippen molar-refractivity contribution < 1.29 is 18.8 Å². The third-order valence-corrected chi connectivity index (χ3v) is 6.25. The van der Waals surface area contributed by atoms with Gasteiger partial charge in [0.1, 0.15) is 11.4 Å². The number of hydrogen-bond donors (Lipinski definition) is 1. The number of carbonyl (C=O) groups excluding carboxylic acids is 1. The molecular weight excluding hydrogens is 406 g/mol. The van der Waals surface area contributed by atoms with Crippen LogP contribution in [0.2, 0.25) is 5.02 Å². The molecule has 2 aliphatic rings. The minimum absolute atomic E-state index is 0.120. The second kappa shape index (κ2) is 9.27. The van der Waals surface area contributed by atoms with E-state index < -0.39 is 6.09 Å². The van der Waals surface area contributed by atoms with Gasteiger partial charge < -0.3 is 19.3 Å². The molecule has 2 aromatic rings. The van der Waals surface area contributed by atoms with Gasteiger partial charge in [0.05, 0.1) is 11.1 Å². The molecular formula is C22H28ClN3O4. The van der Waals surface area contributed by atoms with Crippen LogP contribution < -0.4 is 14.8 Å². The van der Waals surface area contributed by atoms with Crippen LogP contribution in [0.4, 0.5) is 4.79 Å². The molecule has 0 bridgehead atoms. The molecule has 2 fully saturated rings. The summed E-state index contributed by atoms with van der Waals surface area (Å²) >= 11 is 6.61. The molecule has 8 heteroatoms. The Balaban J connectivity index is 1.21. The van der Waals surface area contributed by atoms with E-state index in [0.29, 0.717) is 34.7 Å². The van der Waals surface area contributed by atoms with Gasteiger partial charge in [0.25, 0.3) is 0 Å². The van der Waals surface area contributed by atoms with Gasteiger partial charge in [0.15, 0.2) is 11.5 Å². The van der Waals surface area contributed by atoms with Crippen molar-refractivity contribution in [1.29, 1.82) is 0 Å². The number of halogens is 1. The summed E-state index contributed by atoms with van der Waals surface area (Å²) in [6.07, 6.45) is 3.89. The molecule has 1 aromatic heterocycles. The molecule has 7 nitrogen and oxygen atoms in total. The number of ether oxygens (including phenoxy) is 2. The molecule has 0 unspecified atom stereocenters. The van der Waals surface area contributed by atoms with Gasteiger partial charge >= 0.3 is 6.09 Å². The highest BCUT2D eigenvalue weighted by atomic mass is 35.5. The highest BCUT2D eigenvalue weighted by Gasteiger charge is 2.32. The summed E-state index contributed by atoms with van der Waals surface area (Å²) in [5.74, 6) is 1.98. The summed E-state index contributed by atoms with van der Waals surface area (Å²) in [5, 5.41) is 7.29. The number of benzene rings is 1. The number of aromatic nitrogens is 1. The van der Waals surface area contributed by atoms with Crippen LogP contribution in [0, 0.1) is 19.8 Å². The van der Waals surface area contributed by atoms with E-state index in [1.54, 1.807) is 13.8 Å². The van der Waals surface area contributed by atoms with Crippen LogP contribution in [-0.4, -0.2) is 41.9 Å². The maximum absolute atomic E-state index is 12.0. The first-order valence-corrected chi connectivity index (χ1v) is 10.9. The molecule has 162 valence electrons. The fourth-order valence-electron chi connectivity index (χ4n) is 4.04. The van der Waals surface area contributed by atoms with E-state index in [1.807, 2.05) is 12.1 Å². The van der Waals surface area contributed by atoms with Gasteiger partial charge in [-0.2, -0.15) is 0 Å². The van der Waals surface area contributed by atoms with Gasteiger partial charge in [0.2, 0.25) is 0 Å². The molecule has 30 heavy (non-hydrogen) atoms. The van der Waals surface area contributed by atoms with Crippen LogP contribution >= 0.6 is 11.6 Å². The predicted octanol–water partition coefficient (Wildman–Crippen LogP) is 4.49. The summed E-state index contributed by atoms with van der Waals surface area (Å²) in [7, 11) is 0. The number of likely N-dealkylation sites (tertiary alicyclic amines) is 1. The van der Waals surface area contributed by atoms with Crippen molar-refractivity contribution in [3.63, 3.8) is 0 Å². The number of aryl methyl sites for hydroxylation is 2. The fraction of sp³-hybridized carbons (Fsp3) is 0.545. The Morgan fingerprint density at radius 1 is 1.30 bits per heavy atom. The average molecular weight is 434 g/mol. The average Bonchev–Trinajstić information content (AvgIpc) is 3.31. The van der Waals surface area contributed by atoms with E-state index in [2.05, 4.69) is 21.4 Å². The summed E-state index contributed by atoms with van der Waals surface area (Å²) < 4.78 is 16.4. The first-order valence-electron chi connectivity index (χ1n) is 10.5. The number of amides is 1. The Hall–Kier alpha value is -2.25. The SMILES string of the molecule is Cc1noc(C)c1OC(=O)NCC1CC(Oc2cccc(CN3CCCC3)c2Cl)C1. The van der Waals surface area contributed by atoms with Crippen molar-refractivity contribution in [2.24, 2.45) is 5.92 Å². The lowest BCUT2D eigenvalue weighted by molar-refractivity contribution is 0.0647. The minimum Gasteiger partial charge on any atom is -0.489 e. The Labute approximate surface area is 181 Å². The van der Waals surface area contributed by atoms with Gasteiger partial charge in [0, 0.05) is 20.0 Å². The number of nitrogens with one attached hydrogen (secondary N) is 1. The zero-order valence-corrected chi connectivity index (χ0v) is 18.2. The summed E-state index contributed by atoms with van der Waals surface area (Å²) in [6.45, 7) is 7.14. The normalized spacial score (nSPS) is 21.3. The van der Waals surface area contributed by atoms with E-state index in [0.717, 1.165) is 43.8 Å². The second-order valence-electron chi connectivity index (χ2n) is 8.21. The molecule has 4 rings (SSSR count). The largest absolute Gasteiger partial charge is 0.489 e. The number of nitrogens with zero attached hydrogens (tertiary/aromatic N) is 2. The minimum atomic E-state index is -0.494. The molecule has 1 aliphatic carbocycles. The number of rotatable bonds is 7. The topological polar surface area (TPSA) is 76.8 Å². The lowest BCUT2D eigenvalue weighted by Gasteiger charge is -2.35. The smallest absolute Gasteiger partial charge is 0.412 e. The molecule has 1 saturated heterocycles. The van der Waals surface area contributed by atoms with Crippen LogP contribution in [0.5, 0.6) is 11.5 Å². The molecule has 2 heterocycles. The first-order chi connectivity index (χ1) is 14.5. The van der Waals surface area contributed by atoms with E-state index in [9.17, 15) is 4.79 Å². The van der Waals surface area contributed by atoms with Gasteiger partial charge in [-0.1, -0.05) is 28.9 Å². The monoisotopic (exact) mass is 433 g/mol. The summed E-state index contributed by atoms with van der Waals surface area (Å²) in [4.78, 5) is 14.4. The van der Waals surface area contributed by atoms with Crippen molar-refractivity contribution in [2.75, 3.05) is 19.6 Å². The van der Waals surface area contributed by atoms with Crippen LogP contribution in [0.15, 0.2) is 22.7 Å². The van der Waals surface area contributed by atoms with Crippen LogP contribution in [0.25, 0.3) is 0 Å². The van der Waals surface area contributed by atoms with Crippen LogP contribution in [-0.2, 0) is 6.54 Å². The molecule has 1 N–H and O–H groups in total. The third-order valence-electron chi connectivity index (χ3n) is 5.82. The van der Waals surface area contributed by atoms with Gasteiger partial charge in [-0.05, 0) is 63.2 Å². The zero-order valence-electron chi connectivity index (χ0n) is 17.4. The molecule has 1 amide bonds. The Bertz CT molecular complexity index is 869. The molecule has 0 spiro atoms. The molecule has 0 atom stereocenters. The van der Waals surface area contributed by atoms with E-state index in [1.165, 1.54) is 12.8 Å². The molecule has 1 aromatic carbocycles. The molecule has 1 aliphatic heterocycles. The predicted molar refractivity (Wildman–Crippen MR) is 113 cm³/mol. The fourth-order valence-corrected chi connectivity index (χ4v) is 4.28. The second-order valence-corrected chi connectivity index (χ2v) is 8.59. The Morgan fingerprint density at radius 2 is 2.07 bits per heavy atom. The summed E-state index contributed by atoms with van der Waals surface area (Å²) in [6, 6.07) is 6.02. The first kappa shape index (κ1) is 21.0. The van der Waals surface area contributed by atoms with Crippen LogP contribution in [0.3, 0.4) is 0 Å². The number of carbonyl (C=O) groups is 1. The highest BCUT2D eigenvalue weighted by molar-refractivity contribution is 6.32. The quantitative estimate of drug-likeness (QED) is 0.693. The molecule has 1 saturated carbocycles. The summed E-state index contributed by atoms with van der Waals surface area (Å²) in [5.41, 5.74) is 1.68. The lowest BCUT2D eigenvalue weighted by Crippen LogP contribution is -2.41. The lowest BCUT2D eigenvalue weighted by atomic mass is 9.82. The van der Waals surface area contributed by atoms with Crippen molar-refractivity contribution >= 4 is 17.7 Å². The van der Waals surface area contributed by atoms with Crippen molar-refractivity contribution in [3.8, 4) is 11.5 Å². The highest BCUT2D eigenvalue weighted by Crippen LogP contribution is 2.36. The van der Waals surface area contributed by atoms with E-state index in [-0.39, 0.29) is 6.10 Å². The zero-order chi connectivity index (χ0) is 21.1. The Morgan fingerprint density at radius 3 is 2.77 bits per heavy atom. The van der Waals surface area contributed by atoms with Gasteiger partial charge in [-0.25, -0.2) is 4.79 Å². The third kappa shape index (κ3) is 4.90.